The first-order valence-electron chi connectivity index (χ1n) is 6.08. The lowest BCUT2D eigenvalue weighted by molar-refractivity contribution is -0.167. The van der Waals surface area contributed by atoms with Crippen LogP contribution in [0.1, 0.15) is 42.9 Å². The van der Waals surface area contributed by atoms with Gasteiger partial charge in [0.15, 0.2) is 0 Å². The van der Waals surface area contributed by atoms with E-state index in [1.165, 1.54) is 0 Å². The van der Waals surface area contributed by atoms with Gasteiger partial charge in [0.25, 0.3) is 5.56 Å². The van der Waals surface area contributed by atoms with Crippen molar-refractivity contribution < 1.29 is 13.2 Å². The molecule has 0 radical (unpaired) electrons. The summed E-state index contributed by atoms with van der Waals surface area (Å²) in [6, 6.07) is -0.694. The van der Waals surface area contributed by atoms with Gasteiger partial charge in [0, 0.05) is 11.7 Å². The molecule has 0 amide bonds. The van der Waals surface area contributed by atoms with Crippen LogP contribution in [0.2, 0.25) is 0 Å². The molecule has 1 fully saturated rings. The lowest BCUT2D eigenvalue weighted by Crippen LogP contribution is -2.47. The Bertz CT molecular complexity index is 546. The summed E-state index contributed by atoms with van der Waals surface area (Å²) in [5.74, 6) is 0.454. The largest absolute Gasteiger partial charge is 0.406 e. The number of aryl methyl sites for hydroxylation is 2. The maximum atomic E-state index is 12.9. The van der Waals surface area contributed by atoms with Crippen molar-refractivity contribution in [1.29, 1.82) is 0 Å². The van der Waals surface area contributed by atoms with Gasteiger partial charge in [-0.3, -0.25) is 10.1 Å². The third-order valence-corrected chi connectivity index (χ3v) is 3.48. The van der Waals surface area contributed by atoms with Crippen molar-refractivity contribution in [3.8, 4) is 0 Å². The second-order valence-corrected chi connectivity index (χ2v) is 5.10. The summed E-state index contributed by atoms with van der Waals surface area (Å²) in [4.78, 5) is 18.5. The van der Waals surface area contributed by atoms with Crippen molar-refractivity contribution in [2.24, 2.45) is 0 Å². The molecule has 1 aliphatic carbocycles. The van der Waals surface area contributed by atoms with E-state index in [-0.39, 0.29) is 24.0 Å². The minimum atomic E-state index is -4.29. The zero-order valence-electron chi connectivity index (χ0n) is 11.0. The number of aromatic nitrogens is 2. The standard InChI is InChI=1S/C12H16F3N3O/c1-6-9(10(19)17-8(3)16-6)7(2)18-11(4-5-11)12(13,14)15/h7,18H,4-5H2,1-3H3,(H,16,17,19). The van der Waals surface area contributed by atoms with Crippen LogP contribution in [-0.2, 0) is 0 Å². The fraction of sp³-hybridized carbons (Fsp3) is 0.667. The van der Waals surface area contributed by atoms with Crippen LogP contribution >= 0.6 is 0 Å². The van der Waals surface area contributed by atoms with E-state index >= 15 is 0 Å². The minimum Gasteiger partial charge on any atom is -0.310 e. The van der Waals surface area contributed by atoms with Gasteiger partial charge < -0.3 is 4.98 Å². The summed E-state index contributed by atoms with van der Waals surface area (Å²) in [5.41, 5.74) is -1.50. The van der Waals surface area contributed by atoms with Crippen molar-refractivity contribution in [2.75, 3.05) is 0 Å². The molecule has 1 saturated carbocycles. The van der Waals surface area contributed by atoms with E-state index in [4.69, 9.17) is 0 Å². The highest BCUT2D eigenvalue weighted by Crippen LogP contribution is 2.50. The number of rotatable bonds is 3. The summed E-state index contributed by atoms with van der Waals surface area (Å²) >= 11 is 0. The van der Waals surface area contributed by atoms with Crippen LogP contribution in [0.15, 0.2) is 4.79 Å². The highest BCUT2D eigenvalue weighted by atomic mass is 19.4. The molecule has 2 rings (SSSR count). The topological polar surface area (TPSA) is 57.8 Å². The van der Waals surface area contributed by atoms with E-state index in [0.717, 1.165) is 0 Å². The number of aromatic amines is 1. The molecule has 1 unspecified atom stereocenters. The van der Waals surface area contributed by atoms with Gasteiger partial charge in [-0.1, -0.05) is 0 Å². The Kier molecular flexibility index (Phi) is 3.20. The van der Waals surface area contributed by atoms with Gasteiger partial charge >= 0.3 is 6.18 Å². The first-order chi connectivity index (χ1) is 8.66. The molecule has 0 spiro atoms. The number of alkyl halides is 3. The normalized spacial score (nSPS) is 19.3. The molecule has 1 heterocycles. The maximum absolute atomic E-state index is 12.9. The molecule has 2 N–H and O–H groups in total. The molecule has 106 valence electrons. The summed E-state index contributed by atoms with van der Waals surface area (Å²) < 4.78 is 38.6. The van der Waals surface area contributed by atoms with Crippen molar-refractivity contribution in [3.05, 3.63) is 27.4 Å². The lowest BCUT2D eigenvalue weighted by Gasteiger charge is -2.25. The monoisotopic (exact) mass is 275 g/mol. The second-order valence-electron chi connectivity index (χ2n) is 5.10. The van der Waals surface area contributed by atoms with E-state index in [1.54, 1.807) is 20.8 Å². The molecule has 0 aromatic carbocycles. The average molecular weight is 275 g/mol. The fourth-order valence-electron chi connectivity index (χ4n) is 2.37. The molecule has 0 bridgehead atoms. The lowest BCUT2D eigenvalue weighted by atomic mass is 10.1. The molecule has 7 heteroatoms. The van der Waals surface area contributed by atoms with Gasteiger partial charge in [0.1, 0.15) is 11.4 Å². The minimum absolute atomic E-state index is 0.0527. The highest BCUT2D eigenvalue weighted by Gasteiger charge is 2.63. The molecule has 0 saturated heterocycles. The third-order valence-electron chi connectivity index (χ3n) is 3.48. The van der Waals surface area contributed by atoms with Crippen LogP contribution in [0.3, 0.4) is 0 Å². The number of hydrogen-bond acceptors (Lipinski definition) is 3. The summed E-state index contributed by atoms with van der Waals surface area (Å²) in [5, 5.41) is 2.54. The zero-order chi connectivity index (χ0) is 14.4. The molecule has 1 aliphatic rings. The fourth-order valence-corrected chi connectivity index (χ4v) is 2.37. The first-order valence-corrected chi connectivity index (χ1v) is 6.08. The van der Waals surface area contributed by atoms with Crippen LogP contribution in [0, 0.1) is 13.8 Å². The molecule has 19 heavy (non-hydrogen) atoms. The maximum Gasteiger partial charge on any atom is 0.406 e. The van der Waals surface area contributed by atoms with Crippen molar-refractivity contribution in [3.63, 3.8) is 0 Å². The van der Waals surface area contributed by atoms with Gasteiger partial charge in [0.2, 0.25) is 0 Å². The van der Waals surface area contributed by atoms with E-state index in [0.29, 0.717) is 11.5 Å². The van der Waals surface area contributed by atoms with Crippen molar-refractivity contribution in [2.45, 2.75) is 51.4 Å². The van der Waals surface area contributed by atoms with E-state index in [2.05, 4.69) is 15.3 Å². The average Bonchev–Trinajstić information content (AvgIpc) is 2.95. The van der Waals surface area contributed by atoms with Crippen LogP contribution < -0.4 is 10.9 Å². The van der Waals surface area contributed by atoms with E-state index < -0.39 is 17.8 Å². The molecular formula is C12H16F3N3O. The Labute approximate surface area is 108 Å². The molecule has 1 atom stereocenters. The predicted molar refractivity (Wildman–Crippen MR) is 63.9 cm³/mol. The summed E-state index contributed by atoms with van der Waals surface area (Å²) in [7, 11) is 0. The Morgan fingerprint density at radius 1 is 1.37 bits per heavy atom. The van der Waals surface area contributed by atoms with Gasteiger partial charge in [-0.15, -0.1) is 0 Å². The number of halogens is 3. The van der Waals surface area contributed by atoms with Gasteiger partial charge in [-0.05, 0) is 33.6 Å². The summed E-state index contributed by atoms with van der Waals surface area (Å²) in [6.45, 7) is 4.82. The SMILES string of the molecule is Cc1nc(C)c(C(C)NC2(C(F)(F)F)CC2)c(=O)[nH]1. The predicted octanol–water partition coefficient (Wildman–Crippen LogP) is 2.13. The van der Waals surface area contributed by atoms with Gasteiger partial charge in [-0.2, -0.15) is 13.2 Å². The molecule has 1 aromatic rings. The molecule has 4 nitrogen and oxygen atoms in total. The Morgan fingerprint density at radius 2 is 1.95 bits per heavy atom. The molecule has 0 aliphatic heterocycles. The molecule has 1 aromatic heterocycles. The van der Waals surface area contributed by atoms with Gasteiger partial charge in [0.05, 0.1) is 5.56 Å². The van der Waals surface area contributed by atoms with E-state index in [1.807, 2.05) is 0 Å². The van der Waals surface area contributed by atoms with Crippen molar-refractivity contribution in [1.82, 2.24) is 15.3 Å². The van der Waals surface area contributed by atoms with Crippen LogP contribution in [0.25, 0.3) is 0 Å². The number of nitrogens with one attached hydrogen (secondary N) is 2. The van der Waals surface area contributed by atoms with E-state index in [9.17, 15) is 18.0 Å². The van der Waals surface area contributed by atoms with Crippen LogP contribution in [-0.4, -0.2) is 21.7 Å². The van der Waals surface area contributed by atoms with Crippen LogP contribution in [0.4, 0.5) is 13.2 Å². The number of H-pyrrole nitrogens is 1. The number of nitrogens with zero attached hydrogens (tertiary/aromatic N) is 1. The number of hydrogen-bond donors (Lipinski definition) is 2. The van der Waals surface area contributed by atoms with Crippen molar-refractivity contribution >= 4 is 0 Å². The smallest absolute Gasteiger partial charge is 0.310 e. The first kappa shape index (κ1) is 14.0. The van der Waals surface area contributed by atoms with Gasteiger partial charge in [-0.25, -0.2) is 4.98 Å². The Balaban J connectivity index is 2.27. The zero-order valence-corrected chi connectivity index (χ0v) is 11.0. The second kappa shape index (κ2) is 4.33. The quantitative estimate of drug-likeness (QED) is 0.888. The Morgan fingerprint density at radius 3 is 2.37 bits per heavy atom. The Hall–Kier alpha value is -1.37. The third kappa shape index (κ3) is 2.51. The highest BCUT2D eigenvalue weighted by molar-refractivity contribution is 5.22. The van der Waals surface area contributed by atoms with Crippen LogP contribution in [0.5, 0.6) is 0 Å². The molecular weight excluding hydrogens is 259 g/mol. The summed E-state index contributed by atoms with van der Waals surface area (Å²) in [6.07, 6.45) is -4.19.